The van der Waals surface area contributed by atoms with Gasteiger partial charge < -0.3 is 9.84 Å². The van der Waals surface area contributed by atoms with Crippen LogP contribution in [0.25, 0.3) is 0 Å². The molecule has 1 saturated carbocycles. The maximum atomic E-state index is 9.14. The summed E-state index contributed by atoms with van der Waals surface area (Å²) in [5.74, 6) is 2.17. The van der Waals surface area contributed by atoms with E-state index in [1.54, 1.807) is 7.11 Å². The molecular weight excluding hydrogens is 212 g/mol. The van der Waals surface area contributed by atoms with Crippen LogP contribution < -0.4 is 4.74 Å². The van der Waals surface area contributed by atoms with E-state index in [1.165, 1.54) is 24.0 Å². The molecule has 0 amide bonds. The lowest BCUT2D eigenvalue weighted by atomic mass is 9.79. The number of benzene rings is 1. The third-order valence-electron chi connectivity index (χ3n) is 4.00. The predicted octanol–water partition coefficient (Wildman–Crippen LogP) is 3.27. The van der Waals surface area contributed by atoms with Crippen LogP contribution in [0.5, 0.6) is 5.75 Å². The van der Waals surface area contributed by atoms with Gasteiger partial charge in [0.05, 0.1) is 7.11 Å². The van der Waals surface area contributed by atoms with Gasteiger partial charge >= 0.3 is 0 Å². The van der Waals surface area contributed by atoms with Crippen molar-refractivity contribution in [1.82, 2.24) is 0 Å². The van der Waals surface area contributed by atoms with Crippen molar-refractivity contribution < 1.29 is 9.84 Å². The van der Waals surface area contributed by atoms with Gasteiger partial charge in [-0.25, -0.2) is 0 Å². The summed E-state index contributed by atoms with van der Waals surface area (Å²) in [4.78, 5) is 0. The largest absolute Gasteiger partial charge is 0.496 e. The van der Waals surface area contributed by atoms with Gasteiger partial charge in [-0.2, -0.15) is 0 Å². The topological polar surface area (TPSA) is 29.5 Å². The van der Waals surface area contributed by atoms with Crippen LogP contribution in [-0.4, -0.2) is 18.8 Å². The third kappa shape index (κ3) is 2.81. The van der Waals surface area contributed by atoms with Crippen molar-refractivity contribution in [3.05, 3.63) is 29.3 Å². The third-order valence-corrected chi connectivity index (χ3v) is 4.00. The zero-order valence-electron chi connectivity index (χ0n) is 10.8. The number of rotatable bonds is 3. The number of ether oxygens (including phenoxy) is 1. The highest BCUT2D eigenvalue weighted by atomic mass is 16.5. The average Bonchev–Trinajstić information content (AvgIpc) is 2.39. The average molecular weight is 234 g/mol. The van der Waals surface area contributed by atoms with Crippen molar-refractivity contribution in [3.8, 4) is 5.75 Å². The lowest BCUT2D eigenvalue weighted by molar-refractivity contribution is 0.182. The maximum absolute atomic E-state index is 9.14. The van der Waals surface area contributed by atoms with Crippen molar-refractivity contribution in [3.63, 3.8) is 0 Å². The standard InChI is InChI=1S/C15H22O2/c1-11-9-14(7-8-15(11)17-2)13-5-3-12(10-16)4-6-13/h7-9,12-13,16H,3-6,10H2,1-2H3. The first-order chi connectivity index (χ1) is 8.24. The molecule has 0 spiro atoms. The Labute approximate surface area is 104 Å². The summed E-state index contributed by atoms with van der Waals surface area (Å²) < 4.78 is 5.29. The summed E-state index contributed by atoms with van der Waals surface area (Å²) in [6.07, 6.45) is 4.73. The van der Waals surface area contributed by atoms with E-state index in [4.69, 9.17) is 9.84 Å². The lowest BCUT2D eigenvalue weighted by Gasteiger charge is -2.28. The first kappa shape index (κ1) is 12.4. The SMILES string of the molecule is COc1ccc(C2CCC(CO)CC2)cc1C. The van der Waals surface area contributed by atoms with E-state index in [2.05, 4.69) is 25.1 Å². The molecule has 0 aliphatic heterocycles. The Hall–Kier alpha value is -1.02. The molecule has 2 heteroatoms. The first-order valence-corrected chi connectivity index (χ1v) is 6.50. The van der Waals surface area contributed by atoms with E-state index in [0.717, 1.165) is 18.6 Å². The van der Waals surface area contributed by atoms with Gasteiger partial charge in [-0.15, -0.1) is 0 Å². The van der Waals surface area contributed by atoms with Crippen molar-refractivity contribution in [1.29, 1.82) is 0 Å². The zero-order chi connectivity index (χ0) is 12.3. The highest BCUT2D eigenvalue weighted by Gasteiger charge is 2.22. The molecule has 0 radical (unpaired) electrons. The van der Waals surface area contributed by atoms with Gasteiger partial charge in [0.1, 0.15) is 5.75 Å². The molecule has 2 nitrogen and oxygen atoms in total. The minimum Gasteiger partial charge on any atom is -0.496 e. The fourth-order valence-electron chi connectivity index (χ4n) is 2.83. The van der Waals surface area contributed by atoms with Crippen LogP contribution in [0, 0.1) is 12.8 Å². The van der Waals surface area contributed by atoms with Gasteiger partial charge in [-0.1, -0.05) is 12.1 Å². The van der Waals surface area contributed by atoms with Crippen molar-refractivity contribution in [2.24, 2.45) is 5.92 Å². The Kier molecular flexibility index (Phi) is 4.06. The van der Waals surface area contributed by atoms with Gasteiger partial charge in [0.15, 0.2) is 0 Å². The van der Waals surface area contributed by atoms with Crippen LogP contribution in [0.3, 0.4) is 0 Å². The van der Waals surface area contributed by atoms with E-state index in [-0.39, 0.29) is 0 Å². The summed E-state index contributed by atoms with van der Waals surface area (Å²) >= 11 is 0. The molecule has 0 saturated heterocycles. The lowest BCUT2D eigenvalue weighted by Crippen LogP contribution is -2.16. The highest BCUT2D eigenvalue weighted by molar-refractivity contribution is 5.37. The van der Waals surface area contributed by atoms with Crippen LogP contribution in [0.1, 0.15) is 42.7 Å². The molecule has 0 heterocycles. The highest BCUT2D eigenvalue weighted by Crippen LogP contribution is 2.36. The molecule has 0 unspecified atom stereocenters. The zero-order valence-corrected chi connectivity index (χ0v) is 10.8. The summed E-state index contributed by atoms with van der Waals surface area (Å²) in [5, 5.41) is 9.14. The Bertz CT molecular complexity index is 365. The molecule has 0 bridgehead atoms. The van der Waals surface area contributed by atoms with Gasteiger partial charge in [-0.3, -0.25) is 0 Å². The maximum Gasteiger partial charge on any atom is 0.121 e. The number of hydrogen-bond acceptors (Lipinski definition) is 2. The van der Waals surface area contributed by atoms with Crippen LogP contribution in [0.15, 0.2) is 18.2 Å². The second-order valence-electron chi connectivity index (χ2n) is 5.13. The summed E-state index contributed by atoms with van der Waals surface area (Å²) in [7, 11) is 1.72. The number of hydrogen-bond donors (Lipinski definition) is 1. The second-order valence-corrected chi connectivity index (χ2v) is 5.13. The van der Waals surface area contributed by atoms with Crippen LogP contribution in [-0.2, 0) is 0 Å². The second kappa shape index (κ2) is 5.54. The minimum atomic E-state index is 0.356. The van der Waals surface area contributed by atoms with Gasteiger partial charge in [0, 0.05) is 6.61 Å². The van der Waals surface area contributed by atoms with Crippen molar-refractivity contribution in [2.45, 2.75) is 38.5 Å². The molecule has 94 valence electrons. The Balaban J connectivity index is 2.06. The molecule has 0 atom stereocenters. The monoisotopic (exact) mass is 234 g/mol. The van der Waals surface area contributed by atoms with Crippen LogP contribution in [0.4, 0.5) is 0 Å². The van der Waals surface area contributed by atoms with E-state index in [9.17, 15) is 0 Å². The molecule has 1 aromatic carbocycles. The molecule has 2 rings (SSSR count). The first-order valence-electron chi connectivity index (χ1n) is 6.50. The van der Waals surface area contributed by atoms with Gasteiger partial charge in [0.25, 0.3) is 0 Å². The number of methoxy groups -OCH3 is 1. The van der Waals surface area contributed by atoms with E-state index >= 15 is 0 Å². The summed E-state index contributed by atoms with van der Waals surface area (Å²) in [6, 6.07) is 6.52. The molecule has 17 heavy (non-hydrogen) atoms. The molecule has 0 aromatic heterocycles. The summed E-state index contributed by atoms with van der Waals surface area (Å²) in [5.41, 5.74) is 2.65. The molecule has 1 aliphatic carbocycles. The van der Waals surface area contributed by atoms with Gasteiger partial charge in [0.2, 0.25) is 0 Å². The number of aliphatic hydroxyl groups is 1. The van der Waals surface area contributed by atoms with Gasteiger partial charge in [-0.05, 0) is 61.6 Å². The molecule has 1 N–H and O–H groups in total. The number of aliphatic hydroxyl groups excluding tert-OH is 1. The molecule has 1 aromatic rings. The quantitative estimate of drug-likeness (QED) is 0.869. The molecular formula is C15H22O2. The van der Waals surface area contributed by atoms with E-state index < -0.39 is 0 Å². The fourth-order valence-corrected chi connectivity index (χ4v) is 2.83. The molecule has 1 fully saturated rings. The Morgan fingerprint density at radius 1 is 1.24 bits per heavy atom. The van der Waals surface area contributed by atoms with E-state index in [1.807, 2.05) is 0 Å². The minimum absolute atomic E-state index is 0.356. The Morgan fingerprint density at radius 3 is 2.47 bits per heavy atom. The van der Waals surface area contributed by atoms with Crippen molar-refractivity contribution in [2.75, 3.05) is 13.7 Å². The smallest absolute Gasteiger partial charge is 0.121 e. The Morgan fingerprint density at radius 2 is 1.94 bits per heavy atom. The summed E-state index contributed by atoms with van der Waals surface area (Å²) in [6.45, 7) is 2.45. The predicted molar refractivity (Wildman–Crippen MR) is 69.5 cm³/mol. The number of aryl methyl sites for hydroxylation is 1. The normalized spacial score (nSPS) is 24.6. The fraction of sp³-hybridized carbons (Fsp3) is 0.600. The van der Waals surface area contributed by atoms with E-state index in [0.29, 0.717) is 18.4 Å². The van der Waals surface area contributed by atoms with Crippen molar-refractivity contribution >= 4 is 0 Å². The van der Waals surface area contributed by atoms with Crippen LogP contribution >= 0.6 is 0 Å². The van der Waals surface area contributed by atoms with Crippen LogP contribution in [0.2, 0.25) is 0 Å². The molecule has 1 aliphatic rings.